The highest BCUT2D eigenvalue weighted by Crippen LogP contribution is 2.31. The molecule has 0 fully saturated rings. The summed E-state index contributed by atoms with van der Waals surface area (Å²) in [5, 5.41) is 18.6. The number of methoxy groups -OCH3 is 2. The second-order valence-corrected chi connectivity index (χ2v) is 3.48. The predicted octanol–water partition coefficient (Wildman–Crippen LogP) is 1.90. The van der Waals surface area contributed by atoms with Gasteiger partial charge in [-0.05, 0) is 24.6 Å². The Morgan fingerprint density at radius 1 is 1.25 bits per heavy atom. The standard InChI is InChI=1S/C12H15NO3/c1-8(7-13)12(14)9-4-5-10(15-2)11(6-9)16-3/h4-6,8,12,14H,1-3H3. The fourth-order valence-electron chi connectivity index (χ4n) is 1.40. The van der Waals surface area contributed by atoms with E-state index >= 15 is 0 Å². The number of hydrogen-bond donors (Lipinski definition) is 1. The van der Waals surface area contributed by atoms with E-state index in [1.54, 1.807) is 32.2 Å². The van der Waals surface area contributed by atoms with Crippen LogP contribution in [0, 0.1) is 17.2 Å². The van der Waals surface area contributed by atoms with Crippen molar-refractivity contribution in [3.05, 3.63) is 23.8 Å². The normalized spacial score (nSPS) is 13.7. The summed E-state index contributed by atoms with van der Waals surface area (Å²) in [5.41, 5.74) is 0.645. The number of ether oxygens (including phenoxy) is 2. The van der Waals surface area contributed by atoms with Gasteiger partial charge in [-0.2, -0.15) is 5.26 Å². The smallest absolute Gasteiger partial charge is 0.161 e. The molecule has 0 aliphatic carbocycles. The van der Waals surface area contributed by atoms with Crippen molar-refractivity contribution in [3.8, 4) is 17.6 Å². The van der Waals surface area contributed by atoms with Crippen molar-refractivity contribution in [1.82, 2.24) is 0 Å². The number of hydrogen-bond acceptors (Lipinski definition) is 4. The lowest BCUT2D eigenvalue weighted by Crippen LogP contribution is -2.07. The SMILES string of the molecule is COc1ccc(C(O)C(C)C#N)cc1OC. The summed E-state index contributed by atoms with van der Waals surface area (Å²) in [5.74, 6) is 0.686. The molecule has 0 spiro atoms. The van der Waals surface area contributed by atoms with Crippen LogP contribution < -0.4 is 9.47 Å². The van der Waals surface area contributed by atoms with Crippen LogP contribution in [0.2, 0.25) is 0 Å². The van der Waals surface area contributed by atoms with E-state index in [-0.39, 0.29) is 0 Å². The van der Waals surface area contributed by atoms with Crippen LogP contribution in [-0.4, -0.2) is 19.3 Å². The van der Waals surface area contributed by atoms with Crippen molar-refractivity contribution in [3.63, 3.8) is 0 Å². The van der Waals surface area contributed by atoms with E-state index in [1.165, 1.54) is 7.11 Å². The van der Waals surface area contributed by atoms with Gasteiger partial charge in [0.15, 0.2) is 11.5 Å². The van der Waals surface area contributed by atoms with Crippen molar-refractivity contribution in [1.29, 1.82) is 5.26 Å². The Labute approximate surface area is 95.0 Å². The molecule has 0 heterocycles. The highest BCUT2D eigenvalue weighted by Gasteiger charge is 2.17. The predicted molar refractivity (Wildman–Crippen MR) is 59.3 cm³/mol. The Morgan fingerprint density at radius 3 is 2.38 bits per heavy atom. The number of benzene rings is 1. The highest BCUT2D eigenvalue weighted by molar-refractivity contribution is 5.43. The van der Waals surface area contributed by atoms with Gasteiger partial charge >= 0.3 is 0 Å². The molecule has 0 saturated carbocycles. The minimum absolute atomic E-state index is 0.460. The summed E-state index contributed by atoms with van der Waals surface area (Å²) in [7, 11) is 3.08. The van der Waals surface area contributed by atoms with Gasteiger partial charge in [0, 0.05) is 0 Å². The van der Waals surface area contributed by atoms with Crippen LogP contribution in [0.1, 0.15) is 18.6 Å². The topological polar surface area (TPSA) is 62.5 Å². The molecule has 1 aromatic carbocycles. The molecule has 0 aliphatic heterocycles. The number of nitriles is 1. The third kappa shape index (κ3) is 2.44. The number of rotatable bonds is 4. The second kappa shape index (κ2) is 5.38. The van der Waals surface area contributed by atoms with Crippen LogP contribution in [0.15, 0.2) is 18.2 Å². The van der Waals surface area contributed by atoms with Crippen LogP contribution >= 0.6 is 0 Å². The molecule has 0 amide bonds. The van der Waals surface area contributed by atoms with E-state index in [2.05, 4.69) is 0 Å². The minimum atomic E-state index is -0.815. The Bertz CT molecular complexity index is 398. The molecule has 0 saturated heterocycles. The summed E-state index contributed by atoms with van der Waals surface area (Å²) in [6.07, 6.45) is -0.815. The first kappa shape index (κ1) is 12.3. The van der Waals surface area contributed by atoms with Crippen molar-refractivity contribution >= 4 is 0 Å². The highest BCUT2D eigenvalue weighted by atomic mass is 16.5. The minimum Gasteiger partial charge on any atom is -0.493 e. The van der Waals surface area contributed by atoms with Gasteiger partial charge in [0.1, 0.15) is 0 Å². The van der Waals surface area contributed by atoms with Gasteiger partial charge < -0.3 is 14.6 Å². The molecule has 0 aliphatic rings. The molecule has 16 heavy (non-hydrogen) atoms. The van der Waals surface area contributed by atoms with Gasteiger partial charge in [-0.25, -0.2) is 0 Å². The zero-order valence-electron chi connectivity index (χ0n) is 9.60. The van der Waals surface area contributed by atoms with Crippen LogP contribution in [0.5, 0.6) is 11.5 Å². The van der Waals surface area contributed by atoms with Crippen molar-refractivity contribution in [2.45, 2.75) is 13.0 Å². The van der Waals surface area contributed by atoms with Crippen molar-refractivity contribution in [2.75, 3.05) is 14.2 Å². The first-order chi connectivity index (χ1) is 7.63. The molecule has 2 unspecified atom stereocenters. The summed E-state index contributed by atoms with van der Waals surface area (Å²) in [6.45, 7) is 1.67. The summed E-state index contributed by atoms with van der Waals surface area (Å²) < 4.78 is 10.2. The molecule has 4 heteroatoms. The van der Waals surface area contributed by atoms with E-state index in [9.17, 15) is 5.11 Å². The van der Waals surface area contributed by atoms with Gasteiger partial charge in [-0.3, -0.25) is 0 Å². The largest absolute Gasteiger partial charge is 0.493 e. The lowest BCUT2D eigenvalue weighted by Gasteiger charge is -2.15. The molecule has 1 N–H and O–H groups in total. The molecular formula is C12H15NO3. The first-order valence-corrected chi connectivity index (χ1v) is 4.93. The van der Waals surface area contributed by atoms with Crippen molar-refractivity contribution in [2.24, 2.45) is 5.92 Å². The van der Waals surface area contributed by atoms with Gasteiger partial charge in [0.2, 0.25) is 0 Å². The summed E-state index contributed by atoms with van der Waals surface area (Å²) >= 11 is 0. The molecule has 86 valence electrons. The first-order valence-electron chi connectivity index (χ1n) is 4.93. The van der Waals surface area contributed by atoms with E-state index in [0.717, 1.165) is 0 Å². The summed E-state index contributed by atoms with van der Waals surface area (Å²) in [4.78, 5) is 0. The van der Waals surface area contributed by atoms with E-state index in [0.29, 0.717) is 17.1 Å². The van der Waals surface area contributed by atoms with Crippen molar-refractivity contribution < 1.29 is 14.6 Å². The van der Waals surface area contributed by atoms with Gasteiger partial charge in [0.05, 0.1) is 32.3 Å². The Balaban J connectivity index is 3.04. The molecule has 1 aromatic rings. The maximum Gasteiger partial charge on any atom is 0.161 e. The quantitative estimate of drug-likeness (QED) is 0.843. The molecule has 4 nitrogen and oxygen atoms in total. The summed E-state index contributed by atoms with van der Waals surface area (Å²) in [6, 6.07) is 7.12. The fourth-order valence-corrected chi connectivity index (χ4v) is 1.40. The maximum absolute atomic E-state index is 9.85. The molecule has 1 rings (SSSR count). The Kier molecular flexibility index (Phi) is 4.15. The second-order valence-electron chi connectivity index (χ2n) is 3.48. The van der Waals surface area contributed by atoms with E-state index < -0.39 is 12.0 Å². The third-order valence-corrected chi connectivity index (χ3v) is 2.43. The van der Waals surface area contributed by atoms with Crippen LogP contribution in [-0.2, 0) is 0 Å². The Hall–Kier alpha value is -1.73. The average molecular weight is 221 g/mol. The maximum atomic E-state index is 9.85. The lowest BCUT2D eigenvalue weighted by atomic mass is 9.98. The van der Waals surface area contributed by atoms with Gasteiger partial charge in [-0.15, -0.1) is 0 Å². The number of aliphatic hydroxyl groups is 1. The fraction of sp³-hybridized carbons (Fsp3) is 0.417. The zero-order chi connectivity index (χ0) is 12.1. The third-order valence-electron chi connectivity index (χ3n) is 2.43. The monoisotopic (exact) mass is 221 g/mol. The van der Waals surface area contributed by atoms with Crippen LogP contribution in [0.4, 0.5) is 0 Å². The van der Waals surface area contributed by atoms with Gasteiger partial charge in [0.25, 0.3) is 0 Å². The number of aliphatic hydroxyl groups excluding tert-OH is 1. The van der Waals surface area contributed by atoms with Crippen LogP contribution in [0.3, 0.4) is 0 Å². The Morgan fingerprint density at radius 2 is 1.88 bits per heavy atom. The molecule has 2 atom stereocenters. The van der Waals surface area contributed by atoms with E-state index in [1.807, 2.05) is 6.07 Å². The lowest BCUT2D eigenvalue weighted by molar-refractivity contribution is 0.142. The molecule has 0 bridgehead atoms. The number of nitrogens with zero attached hydrogens (tertiary/aromatic N) is 1. The molecule has 0 aromatic heterocycles. The van der Waals surface area contributed by atoms with Crippen LogP contribution in [0.25, 0.3) is 0 Å². The average Bonchev–Trinajstić information content (AvgIpc) is 2.35. The zero-order valence-corrected chi connectivity index (χ0v) is 9.60. The molecule has 0 radical (unpaired) electrons. The molecular weight excluding hydrogens is 206 g/mol. The van der Waals surface area contributed by atoms with Gasteiger partial charge in [-0.1, -0.05) is 6.07 Å². The van der Waals surface area contributed by atoms with E-state index in [4.69, 9.17) is 14.7 Å².